The molecule has 5 aliphatic rings. The van der Waals surface area contributed by atoms with Gasteiger partial charge in [0.1, 0.15) is 12.4 Å². The van der Waals surface area contributed by atoms with Crippen molar-refractivity contribution in [1.29, 1.82) is 0 Å². The van der Waals surface area contributed by atoms with E-state index in [-0.39, 0.29) is 23.7 Å². The van der Waals surface area contributed by atoms with E-state index in [1.165, 1.54) is 19.3 Å². The van der Waals surface area contributed by atoms with Gasteiger partial charge in [-0.05, 0) is 74.5 Å². The predicted octanol–water partition coefficient (Wildman–Crippen LogP) is 3.75. The number of hydrogen-bond acceptors (Lipinski definition) is 3. The van der Waals surface area contributed by atoms with Gasteiger partial charge >= 0.3 is 0 Å². The van der Waals surface area contributed by atoms with Crippen molar-refractivity contribution in [2.45, 2.75) is 45.1 Å². The van der Waals surface area contributed by atoms with E-state index in [1.54, 1.807) is 0 Å². The van der Waals surface area contributed by atoms with Crippen LogP contribution in [-0.2, 0) is 11.3 Å². The number of amides is 1. The third kappa shape index (κ3) is 3.04. The summed E-state index contributed by atoms with van der Waals surface area (Å²) in [7, 11) is 0. The molecule has 0 saturated heterocycles. The number of carbonyl (C=O) groups is 1. The summed E-state index contributed by atoms with van der Waals surface area (Å²) in [6.07, 6.45) is 7.44. The van der Waals surface area contributed by atoms with Gasteiger partial charge in [0.05, 0.1) is 5.41 Å². The first-order valence-electron chi connectivity index (χ1n) is 9.48. The van der Waals surface area contributed by atoms with Gasteiger partial charge in [0.2, 0.25) is 5.91 Å². The van der Waals surface area contributed by atoms with Crippen molar-refractivity contribution < 1.29 is 9.53 Å². The van der Waals surface area contributed by atoms with Gasteiger partial charge in [-0.25, -0.2) is 0 Å². The Balaban J connectivity index is 0.00000157. The maximum atomic E-state index is 13.1. The topological polar surface area (TPSA) is 50.4 Å². The molecule has 1 aromatic rings. The van der Waals surface area contributed by atoms with Crippen molar-refractivity contribution in [2.24, 2.45) is 23.2 Å². The Bertz CT molecular complexity index is 640. The number of carbonyl (C=O) groups excluding carboxylic acids is 1. The Kier molecular flexibility index (Phi) is 4.45. The average Bonchev–Trinajstić information content (AvgIpc) is 2.78. The molecule has 1 aliphatic heterocycles. The minimum absolute atomic E-state index is 0. The van der Waals surface area contributed by atoms with Crippen LogP contribution in [0.25, 0.3) is 0 Å². The number of rotatable bonds is 2. The van der Waals surface area contributed by atoms with E-state index in [0.717, 1.165) is 67.1 Å². The van der Waals surface area contributed by atoms with Gasteiger partial charge in [-0.2, -0.15) is 0 Å². The summed E-state index contributed by atoms with van der Waals surface area (Å²) in [4.78, 5) is 13.1. The van der Waals surface area contributed by atoms with Gasteiger partial charge in [0, 0.05) is 24.3 Å². The van der Waals surface area contributed by atoms with E-state index in [4.69, 9.17) is 4.74 Å². The number of nitrogens with one attached hydrogen (secondary N) is 2. The van der Waals surface area contributed by atoms with Crippen LogP contribution in [0.1, 0.15) is 44.1 Å². The molecule has 0 spiro atoms. The highest BCUT2D eigenvalue weighted by Crippen LogP contribution is 2.60. The minimum Gasteiger partial charge on any atom is -0.492 e. The van der Waals surface area contributed by atoms with Gasteiger partial charge in [0.15, 0.2) is 0 Å². The number of benzene rings is 1. The lowest BCUT2D eigenvalue weighted by molar-refractivity contribution is -0.140. The highest BCUT2D eigenvalue weighted by Gasteiger charge is 2.54. The molecule has 6 rings (SSSR count). The molecule has 1 heterocycles. The molecule has 0 unspecified atom stereocenters. The number of hydrogen-bond donors (Lipinski definition) is 2. The van der Waals surface area contributed by atoms with E-state index in [1.807, 2.05) is 12.1 Å². The summed E-state index contributed by atoms with van der Waals surface area (Å²) < 4.78 is 5.73. The molecule has 4 aliphatic carbocycles. The van der Waals surface area contributed by atoms with Crippen molar-refractivity contribution in [1.82, 2.24) is 5.32 Å². The molecule has 5 heteroatoms. The van der Waals surface area contributed by atoms with E-state index < -0.39 is 0 Å². The fourth-order valence-electron chi connectivity index (χ4n) is 6.04. The maximum Gasteiger partial charge on any atom is 0.230 e. The zero-order valence-electron chi connectivity index (χ0n) is 14.6. The number of ether oxygens (including phenoxy) is 1. The van der Waals surface area contributed by atoms with Crippen molar-refractivity contribution in [3.05, 3.63) is 23.8 Å². The van der Waals surface area contributed by atoms with Crippen LogP contribution in [-0.4, -0.2) is 19.1 Å². The summed E-state index contributed by atoms with van der Waals surface area (Å²) in [6.45, 7) is 2.37. The summed E-state index contributed by atoms with van der Waals surface area (Å²) in [5.41, 5.74) is 1.97. The Hall–Kier alpha value is -1.26. The first-order chi connectivity index (χ1) is 11.7. The molecule has 0 radical (unpaired) electrons. The van der Waals surface area contributed by atoms with Crippen LogP contribution in [0.3, 0.4) is 0 Å². The first-order valence-corrected chi connectivity index (χ1v) is 9.48. The molecule has 4 nitrogen and oxygen atoms in total. The Morgan fingerprint density at radius 2 is 1.80 bits per heavy atom. The van der Waals surface area contributed by atoms with Crippen molar-refractivity contribution >= 4 is 24.0 Å². The molecule has 4 fully saturated rings. The van der Waals surface area contributed by atoms with Crippen LogP contribution in [0.4, 0.5) is 5.69 Å². The minimum atomic E-state index is -0.0870. The molecule has 25 heavy (non-hydrogen) atoms. The smallest absolute Gasteiger partial charge is 0.230 e. The second-order valence-electron chi connectivity index (χ2n) is 8.50. The highest BCUT2D eigenvalue weighted by atomic mass is 35.5. The van der Waals surface area contributed by atoms with Gasteiger partial charge in [-0.1, -0.05) is 0 Å². The van der Waals surface area contributed by atoms with Crippen molar-refractivity contribution in [3.8, 4) is 5.75 Å². The lowest BCUT2D eigenvalue weighted by atomic mass is 9.49. The molecular formula is C20H27ClN2O2. The van der Waals surface area contributed by atoms with Crippen LogP contribution < -0.4 is 15.4 Å². The molecule has 136 valence electrons. The predicted molar refractivity (Wildman–Crippen MR) is 100 cm³/mol. The molecule has 4 saturated carbocycles. The standard InChI is InChI=1S/C20H26N2O2.ClH/c23-19(20-9-13-5-14(10-20)7-15(6-13)11-20)22-17-1-2-18-16(8-17)12-21-3-4-24-18;/h1-2,8,13-15,21H,3-7,9-12H2,(H,22,23);1H. The van der Waals surface area contributed by atoms with E-state index in [2.05, 4.69) is 16.7 Å². The maximum absolute atomic E-state index is 13.1. The van der Waals surface area contributed by atoms with Crippen molar-refractivity contribution in [3.63, 3.8) is 0 Å². The molecule has 1 amide bonds. The lowest BCUT2D eigenvalue weighted by Gasteiger charge is -2.55. The first kappa shape index (κ1) is 17.2. The summed E-state index contributed by atoms with van der Waals surface area (Å²) in [5, 5.41) is 6.60. The highest BCUT2D eigenvalue weighted by molar-refractivity contribution is 5.95. The van der Waals surface area contributed by atoms with Gasteiger partial charge in [-0.3, -0.25) is 4.79 Å². The average molecular weight is 363 g/mol. The normalized spacial score (nSPS) is 35.1. The molecule has 0 atom stereocenters. The third-order valence-electron chi connectivity index (χ3n) is 6.69. The van der Waals surface area contributed by atoms with Crippen LogP contribution in [0, 0.1) is 23.2 Å². The zero-order chi connectivity index (χ0) is 16.1. The van der Waals surface area contributed by atoms with Crippen LogP contribution in [0.2, 0.25) is 0 Å². The molecule has 1 aromatic carbocycles. The van der Waals surface area contributed by atoms with Crippen LogP contribution in [0.15, 0.2) is 18.2 Å². The van der Waals surface area contributed by atoms with Gasteiger partial charge in [0.25, 0.3) is 0 Å². The Morgan fingerprint density at radius 3 is 2.48 bits per heavy atom. The zero-order valence-corrected chi connectivity index (χ0v) is 15.4. The van der Waals surface area contributed by atoms with E-state index in [0.29, 0.717) is 6.61 Å². The second-order valence-corrected chi connectivity index (χ2v) is 8.50. The number of fused-ring (bicyclic) bond motifs is 1. The van der Waals surface area contributed by atoms with E-state index in [9.17, 15) is 4.79 Å². The van der Waals surface area contributed by atoms with Gasteiger partial charge in [-0.15, -0.1) is 12.4 Å². The number of halogens is 1. The largest absolute Gasteiger partial charge is 0.492 e. The van der Waals surface area contributed by atoms with Crippen molar-refractivity contribution in [2.75, 3.05) is 18.5 Å². The quantitative estimate of drug-likeness (QED) is 0.842. The summed E-state index contributed by atoms with van der Waals surface area (Å²) in [6, 6.07) is 6.06. The Morgan fingerprint density at radius 1 is 1.12 bits per heavy atom. The van der Waals surface area contributed by atoms with Crippen LogP contribution in [0.5, 0.6) is 5.75 Å². The molecule has 0 aromatic heterocycles. The Labute approximate surface area is 155 Å². The van der Waals surface area contributed by atoms with Gasteiger partial charge < -0.3 is 15.4 Å². The second kappa shape index (κ2) is 6.48. The summed E-state index contributed by atoms with van der Waals surface area (Å²) in [5.74, 6) is 3.60. The molecule has 2 N–H and O–H groups in total. The fraction of sp³-hybridized carbons (Fsp3) is 0.650. The van der Waals surface area contributed by atoms with Crippen LogP contribution >= 0.6 is 12.4 Å². The number of anilines is 1. The van der Waals surface area contributed by atoms with E-state index >= 15 is 0 Å². The monoisotopic (exact) mass is 362 g/mol. The SMILES string of the molecule is Cl.O=C(Nc1ccc2c(c1)CNCCO2)C12CC3CC(CC(C3)C1)C2. The molecular weight excluding hydrogens is 336 g/mol. The summed E-state index contributed by atoms with van der Waals surface area (Å²) >= 11 is 0. The molecule has 4 bridgehead atoms. The fourth-order valence-corrected chi connectivity index (χ4v) is 6.04. The third-order valence-corrected chi connectivity index (χ3v) is 6.69. The lowest BCUT2D eigenvalue weighted by Crippen LogP contribution is -2.51.